The van der Waals surface area contributed by atoms with Gasteiger partial charge in [-0.05, 0) is 45.0 Å². The van der Waals surface area contributed by atoms with Gasteiger partial charge < -0.3 is 9.47 Å². The number of esters is 1. The first-order valence-electron chi connectivity index (χ1n) is 7.66. The highest BCUT2D eigenvalue weighted by molar-refractivity contribution is 7.13. The molecule has 0 unspecified atom stereocenters. The van der Waals surface area contributed by atoms with Crippen molar-refractivity contribution < 1.29 is 19.1 Å². The molecule has 2 aromatic rings. The maximum atomic E-state index is 12.5. The van der Waals surface area contributed by atoms with Gasteiger partial charge in [0.15, 0.2) is 10.7 Å². The van der Waals surface area contributed by atoms with Crippen molar-refractivity contribution in [2.75, 3.05) is 11.9 Å². The molecule has 1 N–H and O–H groups in total. The minimum Gasteiger partial charge on any atom is -0.478 e. The maximum Gasteiger partial charge on any atom is 0.311 e. The second kappa shape index (κ2) is 8.31. The van der Waals surface area contributed by atoms with Gasteiger partial charge in [0.1, 0.15) is 5.75 Å². The third-order valence-corrected chi connectivity index (χ3v) is 4.19. The van der Waals surface area contributed by atoms with E-state index in [0.717, 1.165) is 0 Å². The van der Waals surface area contributed by atoms with Gasteiger partial charge in [0, 0.05) is 10.4 Å². The molecule has 25 heavy (non-hydrogen) atoms. The first kappa shape index (κ1) is 19.2. The smallest absolute Gasteiger partial charge is 0.311 e. The van der Waals surface area contributed by atoms with E-state index in [0.29, 0.717) is 28.2 Å². The summed E-state index contributed by atoms with van der Waals surface area (Å²) >= 11 is 7.07. The zero-order chi connectivity index (χ0) is 18.4. The van der Waals surface area contributed by atoms with Crippen LogP contribution in [0.5, 0.6) is 5.75 Å². The van der Waals surface area contributed by atoms with Crippen LogP contribution in [0.4, 0.5) is 5.13 Å². The van der Waals surface area contributed by atoms with Crippen molar-refractivity contribution in [2.24, 2.45) is 0 Å². The number of hydrogen-bond donors (Lipinski definition) is 1. The molecule has 1 aromatic heterocycles. The molecule has 8 heteroatoms. The van der Waals surface area contributed by atoms with Gasteiger partial charge in [-0.15, -0.1) is 11.3 Å². The van der Waals surface area contributed by atoms with Crippen molar-refractivity contribution in [2.45, 2.75) is 32.8 Å². The van der Waals surface area contributed by atoms with Crippen molar-refractivity contribution in [1.82, 2.24) is 4.98 Å². The molecule has 1 aromatic carbocycles. The minimum atomic E-state index is -1.11. The van der Waals surface area contributed by atoms with E-state index < -0.39 is 5.60 Å². The number of benzene rings is 1. The third-order valence-electron chi connectivity index (χ3n) is 3.14. The number of ether oxygens (including phenoxy) is 2. The standard InChI is InChI=1S/C17H19ClN2O4S/c1-4-23-14(21)9-12-10-25-16(19-12)20-15(22)17(2,3)24-13-7-5-11(18)6-8-13/h5-8,10H,4,9H2,1-3H3,(H,19,20,22). The van der Waals surface area contributed by atoms with Crippen molar-refractivity contribution in [3.8, 4) is 5.75 Å². The highest BCUT2D eigenvalue weighted by Crippen LogP contribution is 2.23. The first-order valence-corrected chi connectivity index (χ1v) is 8.92. The highest BCUT2D eigenvalue weighted by Gasteiger charge is 2.30. The highest BCUT2D eigenvalue weighted by atomic mass is 35.5. The number of anilines is 1. The van der Waals surface area contributed by atoms with Crippen molar-refractivity contribution in [3.05, 3.63) is 40.4 Å². The van der Waals surface area contributed by atoms with Crippen molar-refractivity contribution in [3.63, 3.8) is 0 Å². The molecule has 0 radical (unpaired) electrons. The quantitative estimate of drug-likeness (QED) is 0.739. The second-order valence-corrected chi connectivity index (χ2v) is 6.94. The lowest BCUT2D eigenvalue weighted by atomic mass is 10.1. The summed E-state index contributed by atoms with van der Waals surface area (Å²) < 4.78 is 10.6. The largest absolute Gasteiger partial charge is 0.478 e. The molecule has 0 aliphatic carbocycles. The molecule has 134 valence electrons. The predicted octanol–water partition coefficient (Wildman–Crippen LogP) is 3.70. The topological polar surface area (TPSA) is 77.5 Å². The predicted molar refractivity (Wildman–Crippen MR) is 97.2 cm³/mol. The van der Waals surface area contributed by atoms with E-state index in [1.54, 1.807) is 50.4 Å². The molecule has 1 heterocycles. The molecule has 0 bridgehead atoms. The van der Waals surface area contributed by atoms with Gasteiger partial charge in [-0.2, -0.15) is 0 Å². The molecule has 1 amide bonds. The van der Waals surface area contributed by atoms with Gasteiger partial charge in [0.25, 0.3) is 5.91 Å². The lowest BCUT2D eigenvalue weighted by molar-refractivity contribution is -0.142. The summed E-state index contributed by atoms with van der Waals surface area (Å²) in [4.78, 5) is 28.1. The van der Waals surface area contributed by atoms with Gasteiger partial charge in [-0.25, -0.2) is 4.98 Å². The minimum absolute atomic E-state index is 0.0743. The average Bonchev–Trinajstić information content (AvgIpc) is 2.96. The SMILES string of the molecule is CCOC(=O)Cc1csc(NC(=O)C(C)(C)Oc2ccc(Cl)cc2)n1. The van der Waals surface area contributed by atoms with Crippen LogP contribution in [0.25, 0.3) is 0 Å². The number of nitrogens with zero attached hydrogens (tertiary/aromatic N) is 1. The fourth-order valence-electron chi connectivity index (χ4n) is 1.90. The molecule has 0 saturated carbocycles. The monoisotopic (exact) mass is 382 g/mol. The number of carbonyl (C=O) groups is 2. The Morgan fingerprint density at radius 3 is 2.60 bits per heavy atom. The van der Waals surface area contributed by atoms with E-state index in [2.05, 4.69) is 10.3 Å². The Bertz CT molecular complexity index is 743. The molecular formula is C17H19ClN2O4S. The van der Waals surface area contributed by atoms with Crippen LogP contribution in [-0.4, -0.2) is 29.1 Å². The third kappa shape index (κ3) is 5.72. The number of aromatic nitrogens is 1. The van der Waals surface area contributed by atoms with Gasteiger partial charge in [-0.3, -0.25) is 14.9 Å². The van der Waals surface area contributed by atoms with E-state index in [9.17, 15) is 9.59 Å². The molecule has 0 atom stereocenters. The Balaban J connectivity index is 1.97. The Labute approximate surface area is 155 Å². The fourth-order valence-corrected chi connectivity index (χ4v) is 2.73. The molecule has 6 nitrogen and oxygen atoms in total. The van der Waals surface area contributed by atoms with E-state index in [1.807, 2.05) is 0 Å². The van der Waals surface area contributed by atoms with Gasteiger partial charge in [-0.1, -0.05) is 11.6 Å². The van der Waals surface area contributed by atoms with Crippen molar-refractivity contribution >= 4 is 39.9 Å². The van der Waals surface area contributed by atoms with Crippen LogP contribution in [0.3, 0.4) is 0 Å². The maximum absolute atomic E-state index is 12.5. The lowest BCUT2D eigenvalue weighted by Gasteiger charge is -2.24. The van der Waals surface area contributed by atoms with Crippen LogP contribution in [-0.2, 0) is 20.7 Å². The summed E-state index contributed by atoms with van der Waals surface area (Å²) in [5.74, 6) is -0.164. The molecule has 2 rings (SSSR count). The molecule has 0 saturated heterocycles. The number of rotatable bonds is 7. The Hall–Kier alpha value is -2.12. The Kier molecular flexibility index (Phi) is 6.39. The molecule has 0 fully saturated rings. The van der Waals surface area contributed by atoms with Crippen LogP contribution >= 0.6 is 22.9 Å². The summed E-state index contributed by atoms with van der Waals surface area (Å²) in [6, 6.07) is 6.76. The summed E-state index contributed by atoms with van der Waals surface area (Å²) in [6.07, 6.45) is 0.0743. The number of nitrogens with one attached hydrogen (secondary N) is 1. The Morgan fingerprint density at radius 1 is 1.28 bits per heavy atom. The number of carbonyl (C=O) groups excluding carboxylic acids is 2. The molecule has 0 aliphatic heterocycles. The number of amides is 1. The Morgan fingerprint density at radius 2 is 1.96 bits per heavy atom. The summed E-state index contributed by atoms with van der Waals surface area (Å²) in [6.45, 7) is 5.38. The number of thiazole rings is 1. The molecule has 0 aliphatic rings. The van der Waals surface area contributed by atoms with E-state index >= 15 is 0 Å². The summed E-state index contributed by atoms with van der Waals surface area (Å²) in [5, 5.41) is 5.40. The van der Waals surface area contributed by atoms with Crippen LogP contribution < -0.4 is 10.1 Å². The lowest BCUT2D eigenvalue weighted by Crippen LogP contribution is -2.42. The van der Waals surface area contributed by atoms with Gasteiger partial charge in [0.2, 0.25) is 0 Å². The second-order valence-electron chi connectivity index (χ2n) is 5.65. The number of hydrogen-bond acceptors (Lipinski definition) is 6. The van der Waals surface area contributed by atoms with E-state index in [-0.39, 0.29) is 18.3 Å². The number of halogens is 1. The zero-order valence-corrected chi connectivity index (χ0v) is 15.7. The average molecular weight is 383 g/mol. The van der Waals surface area contributed by atoms with Crippen LogP contribution in [0.1, 0.15) is 26.5 Å². The molecular weight excluding hydrogens is 364 g/mol. The van der Waals surface area contributed by atoms with Crippen LogP contribution in [0.2, 0.25) is 5.02 Å². The van der Waals surface area contributed by atoms with Crippen LogP contribution in [0.15, 0.2) is 29.6 Å². The summed E-state index contributed by atoms with van der Waals surface area (Å²) in [7, 11) is 0. The van der Waals surface area contributed by atoms with E-state index in [4.69, 9.17) is 21.1 Å². The molecule has 0 spiro atoms. The first-order chi connectivity index (χ1) is 11.8. The van der Waals surface area contributed by atoms with Crippen molar-refractivity contribution in [1.29, 1.82) is 0 Å². The van der Waals surface area contributed by atoms with Crippen LogP contribution in [0, 0.1) is 0 Å². The van der Waals surface area contributed by atoms with E-state index in [1.165, 1.54) is 11.3 Å². The van der Waals surface area contributed by atoms with Gasteiger partial charge in [0.05, 0.1) is 18.7 Å². The summed E-state index contributed by atoms with van der Waals surface area (Å²) in [5.41, 5.74) is -0.559. The fraction of sp³-hybridized carbons (Fsp3) is 0.353. The normalized spacial score (nSPS) is 11.0. The van der Waals surface area contributed by atoms with Gasteiger partial charge >= 0.3 is 5.97 Å². The zero-order valence-electron chi connectivity index (χ0n) is 14.2.